The van der Waals surface area contributed by atoms with Gasteiger partial charge in [-0.1, -0.05) is 0 Å². The zero-order valence-corrected chi connectivity index (χ0v) is 12.1. The predicted molar refractivity (Wildman–Crippen MR) is 71.0 cm³/mol. The molecule has 1 aliphatic heterocycles. The summed E-state index contributed by atoms with van der Waals surface area (Å²) in [5, 5.41) is 18.4. The molecule has 0 aromatic heterocycles. The second kappa shape index (κ2) is 5.28. The normalized spacial score (nSPS) is 27.6. The third kappa shape index (κ3) is 2.79. The second-order valence-corrected chi connectivity index (χ2v) is 6.13. The first-order valence-corrected chi connectivity index (χ1v) is 7.17. The highest BCUT2D eigenvalue weighted by Crippen LogP contribution is 2.53. The Morgan fingerprint density at radius 2 is 1.88 bits per heavy atom. The van der Waals surface area contributed by atoms with Crippen LogP contribution in [0.2, 0.25) is 0 Å². The summed E-state index contributed by atoms with van der Waals surface area (Å²) in [5.74, 6) is -0.441. The first-order chi connectivity index (χ1) is 11.0. The molecular weight excluding hydrogens is 338 g/mol. The Morgan fingerprint density at radius 3 is 2.42 bits per heavy atom. The van der Waals surface area contributed by atoms with Gasteiger partial charge in [0.25, 0.3) is 0 Å². The number of halogens is 6. The van der Waals surface area contributed by atoms with Gasteiger partial charge in [-0.05, 0) is 36.5 Å². The summed E-state index contributed by atoms with van der Waals surface area (Å²) < 4.78 is 77.7. The molecule has 2 fully saturated rings. The van der Waals surface area contributed by atoms with Crippen molar-refractivity contribution in [3.05, 3.63) is 29.3 Å². The summed E-state index contributed by atoms with van der Waals surface area (Å²) in [6, 6.07) is 2.94. The molecule has 1 heterocycles. The molecule has 1 aromatic rings. The molecule has 0 amide bonds. The molecule has 9 heteroatoms. The van der Waals surface area contributed by atoms with E-state index in [1.165, 1.54) is 17.0 Å². The van der Waals surface area contributed by atoms with Crippen molar-refractivity contribution >= 4 is 5.69 Å². The number of aliphatic hydroxyl groups is 1. The number of piperidine rings is 1. The van der Waals surface area contributed by atoms with Gasteiger partial charge in [0.15, 0.2) is 6.10 Å². The zero-order valence-electron chi connectivity index (χ0n) is 12.1. The highest BCUT2D eigenvalue weighted by Gasteiger charge is 2.60. The van der Waals surface area contributed by atoms with Crippen LogP contribution in [0.3, 0.4) is 0 Å². The zero-order chi connectivity index (χ0) is 17.9. The minimum atomic E-state index is -4.85. The summed E-state index contributed by atoms with van der Waals surface area (Å²) in [6.45, 7) is 0.158. The smallest absolute Gasteiger partial charge is 0.382 e. The highest BCUT2D eigenvalue weighted by atomic mass is 19.4. The average molecular weight is 350 g/mol. The molecule has 1 saturated carbocycles. The first-order valence-electron chi connectivity index (χ1n) is 7.17. The molecule has 0 bridgehead atoms. The minimum Gasteiger partial charge on any atom is -0.382 e. The quantitative estimate of drug-likeness (QED) is 0.833. The van der Waals surface area contributed by atoms with Crippen molar-refractivity contribution in [2.45, 2.75) is 30.9 Å². The standard InChI is InChI=1S/C15H12F6N2O/c16-14(17,18)11-4-9(2-1-7(11)5-22)23-6-8-3-10(8)12(23)13(24)15(19,20)21/h1-2,4,8,10,12-13,24H,3,6H2/t8-,10-,12-,13+/m1/s1. The van der Waals surface area contributed by atoms with Crippen LogP contribution in [0, 0.1) is 23.2 Å². The predicted octanol–water partition coefficient (Wildman–Crippen LogP) is 3.32. The summed E-state index contributed by atoms with van der Waals surface area (Å²) in [4.78, 5) is 1.17. The lowest BCUT2D eigenvalue weighted by Crippen LogP contribution is -2.49. The highest BCUT2D eigenvalue weighted by molar-refractivity contribution is 5.57. The molecule has 0 radical (unpaired) electrons. The molecule has 1 aliphatic carbocycles. The first kappa shape index (κ1) is 16.9. The summed E-state index contributed by atoms with van der Waals surface area (Å²) in [7, 11) is 0. The van der Waals surface area contributed by atoms with Crippen molar-refractivity contribution in [1.29, 1.82) is 5.26 Å². The Labute approximate surface area is 133 Å². The summed E-state index contributed by atoms with van der Waals surface area (Å²) in [6.07, 6.45) is -11.7. The van der Waals surface area contributed by atoms with Gasteiger partial charge in [0.2, 0.25) is 0 Å². The molecule has 4 atom stereocenters. The molecule has 3 rings (SSSR count). The van der Waals surface area contributed by atoms with E-state index < -0.39 is 35.6 Å². The summed E-state index contributed by atoms with van der Waals surface area (Å²) >= 11 is 0. The number of anilines is 1. The molecule has 1 saturated heterocycles. The van der Waals surface area contributed by atoms with Crippen molar-refractivity contribution in [3.8, 4) is 6.07 Å². The van der Waals surface area contributed by atoms with Crippen molar-refractivity contribution in [2.75, 3.05) is 11.4 Å². The maximum absolute atomic E-state index is 13.0. The molecule has 2 aliphatic rings. The number of alkyl halides is 6. The van der Waals surface area contributed by atoms with Crippen molar-refractivity contribution in [2.24, 2.45) is 11.8 Å². The number of nitrogens with zero attached hydrogens (tertiary/aromatic N) is 2. The van der Waals surface area contributed by atoms with Gasteiger partial charge in [-0.25, -0.2) is 0 Å². The number of hydrogen-bond acceptors (Lipinski definition) is 3. The maximum Gasteiger partial charge on any atom is 0.417 e. The molecule has 0 unspecified atom stereocenters. The van der Waals surface area contributed by atoms with E-state index in [0.717, 1.165) is 6.07 Å². The fraction of sp³-hybridized carbons (Fsp3) is 0.533. The van der Waals surface area contributed by atoms with E-state index in [2.05, 4.69) is 0 Å². The van der Waals surface area contributed by atoms with Crippen molar-refractivity contribution < 1.29 is 31.4 Å². The second-order valence-electron chi connectivity index (χ2n) is 6.13. The van der Waals surface area contributed by atoms with E-state index in [9.17, 15) is 31.4 Å². The Kier molecular flexibility index (Phi) is 3.71. The van der Waals surface area contributed by atoms with E-state index in [0.29, 0.717) is 12.5 Å². The van der Waals surface area contributed by atoms with E-state index in [-0.39, 0.29) is 24.1 Å². The van der Waals surface area contributed by atoms with Gasteiger partial charge in [0.05, 0.1) is 23.2 Å². The van der Waals surface area contributed by atoms with Crippen LogP contribution in [0.5, 0.6) is 0 Å². The fourth-order valence-electron chi connectivity index (χ4n) is 3.42. The van der Waals surface area contributed by atoms with Gasteiger partial charge in [0.1, 0.15) is 0 Å². The van der Waals surface area contributed by atoms with Crippen LogP contribution in [-0.2, 0) is 6.18 Å². The molecule has 130 valence electrons. The van der Waals surface area contributed by atoms with Crippen molar-refractivity contribution in [3.63, 3.8) is 0 Å². The lowest BCUT2D eigenvalue weighted by molar-refractivity contribution is -0.210. The average Bonchev–Trinajstić information content (AvgIpc) is 3.15. The number of fused-ring (bicyclic) bond motifs is 1. The number of benzene rings is 1. The molecule has 0 spiro atoms. The van der Waals surface area contributed by atoms with Crippen LogP contribution in [-0.4, -0.2) is 30.0 Å². The van der Waals surface area contributed by atoms with E-state index in [4.69, 9.17) is 5.26 Å². The number of rotatable bonds is 2. The van der Waals surface area contributed by atoms with Gasteiger partial charge >= 0.3 is 12.4 Å². The Bertz CT molecular complexity index is 693. The molecule has 24 heavy (non-hydrogen) atoms. The van der Waals surface area contributed by atoms with Crippen LogP contribution < -0.4 is 4.90 Å². The third-order valence-electron chi connectivity index (χ3n) is 4.63. The van der Waals surface area contributed by atoms with Gasteiger partial charge in [-0.15, -0.1) is 0 Å². The maximum atomic E-state index is 13.0. The summed E-state index contributed by atoms with van der Waals surface area (Å²) in [5.41, 5.74) is -1.85. The van der Waals surface area contributed by atoms with Gasteiger partial charge in [-0.2, -0.15) is 31.6 Å². The third-order valence-corrected chi connectivity index (χ3v) is 4.63. The van der Waals surface area contributed by atoms with E-state index in [1.54, 1.807) is 0 Å². The Morgan fingerprint density at radius 1 is 1.21 bits per heavy atom. The van der Waals surface area contributed by atoms with Crippen LogP contribution in [0.1, 0.15) is 17.5 Å². The van der Waals surface area contributed by atoms with E-state index in [1.807, 2.05) is 0 Å². The Balaban J connectivity index is 1.98. The molecule has 3 nitrogen and oxygen atoms in total. The number of aliphatic hydroxyl groups excluding tert-OH is 1. The lowest BCUT2D eigenvalue weighted by Gasteiger charge is -2.34. The van der Waals surface area contributed by atoms with Crippen LogP contribution in [0.4, 0.5) is 32.0 Å². The van der Waals surface area contributed by atoms with Crippen LogP contribution in [0.25, 0.3) is 0 Å². The van der Waals surface area contributed by atoms with Gasteiger partial charge < -0.3 is 10.0 Å². The topological polar surface area (TPSA) is 47.3 Å². The SMILES string of the molecule is N#Cc1ccc(N2C[C@H]3C[C@H]3[C@@H]2[C@H](O)C(F)(F)F)cc1C(F)(F)F. The van der Waals surface area contributed by atoms with E-state index >= 15 is 0 Å². The van der Waals surface area contributed by atoms with Crippen LogP contribution in [0.15, 0.2) is 18.2 Å². The molecule has 1 aromatic carbocycles. The number of nitriles is 1. The molecular formula is C15H12F6N2O. The Hall–Kier alpha value is -1.95. The van der Waals surface area contributed by atoms with Gasteiger partial charge in [-0.3, -0.25) is 0 Å². The largest absolute Gasteiger partial charge is 0.417 e. The van der Waals surface area contributed by atoms with Crippen molar-refractivity contribution in [1.82, 2.24) is 0 Å². The van der Waals surface area contributed by atoms with Gasteiger partial charge in [0, 0.05) is 12.2 Å². The monoisotopic (exact) mass is 350 g/mol. The number of hydrogen-bond donors (Lipinski definition) is 1. The van der Waals surface area contributed by atoms with Crippen LogP contribution >= 0.6 is 0 Å². The minimum absolute atomic E-state index is 0.0584. The lowest BCUT2D eigenvalue weighted by atomic mass is 10.0. The molecule has 1 N–H and O–H groups in total. The fourth-order valence-corrected chi connectivity index (χ4v) is 3.42.